The van der Waals surface area contributed by atoms with Gasteiger partial charge in [-0.25, -0.2) is 4.79 Å². The van der Waals surface area contributed by atoms with Crippen LogP contribution in [0, 0.1) is 0 Å². The largest absolute Gasteiger partial charge is 0.454 e. The molecule has 0 aliphatic heterocycles. The van der Waals surface area contributed by atoms with E-state index in [0.29, 0.717) is 17.3 Å². The van der Waals surface area contributed by atoms with Gasteiger partial charge in [-0.15, -0.1) is 0 Å². The molecular weight excluding hydrogens is 411 g/mol. The second kappa shape index (κ2) is 9.25. The van der Waals surface area contributed by atoms with E-state index < -0.39 is 30.1 Å². The van der Waals surface area contributed by atoms with Crippen LogP contribution in [-0.2, 0) is 10.9 Å². The zero-order valence-electron chi connectivity index (χ0n) is 16.0. The third kappa shape index (κ3) is 5.79. The molecule has 5 nitrogen and oxygen atoms in total. The van der Waals surface area contributed by atoms with Crippen LogP contribution in [0.4, 0.5) is 18.9 Å². The third-order valence-electron chi connectivity index (χ3n) is 4.26. The first-order valence-electron chi connectivity index (χ1n) is 9.08. The number of hydrogen-bond donors (Lipinski definition) is 1. The van der Waals surface area contributed by atoms with Crippen LogP contribution >= 0.6 is 0 Å². The van der Waals surface area contributed by atoms with Gasteiger partial charge < -0.3 is 10.1 Å². The molecule has 31 heavy (non-hydrogen) atoms. The van der Waals surface area contributed by atoms with E-state index in [-0.39, 0.29) is 17.0 Å². The van der Waals surface area contributed by atoms with Gasteiger partial charge >= 0.3 is 12.1 Å². The van der Waals surface area contributed by atoms with E-state index in [0.717, 1.165) is 12.1 Å². The smallest absolute Gasteiger partial charge is 0.416 e. The summed E-state index contributed by atoms with van der Waals surface area (Å²) in [6.45, 7) is -0.634. The molecule has 0 fully saturated rings. The lowest BCUT2D eigenvalue weighted by Crippen LogP contribution is -2.15. The molecule has 158 valence electrons. The van der Waals surface area contributed by atoms with Gasteiger partial charge in [-0.2, -0.15) is 13.2 Å². The number of hydrogen-bond acceptors (Lipinski definition) is 4. The summed E-state index contributed by atoms with van der Waals surface area (Å²) in [6, 6.07) is 18.3. The van der Waals surface area contributed by atoms with Crippen LogP contribution in [0.5, 0.6) is 0 Å². The van der Waals surface area contributed by atoms with Crippen LogP contribution in [0.1, 0.15) is 36.6 Å². The van der Waals surface area contributed by atoms with Crippen molar-refractivity contribution in [2.75, 3.05) is 11.9 Å². The SMILES string of the molecule is O=C(COC(=O)c1cccc(C(F)(F)F)c1)c1ccc(NC(=O)c2ccccc2)cc1. The van der Waals surface area contributed by atoms with Crippen molar-refractivity contribution >= 4 is 23.3 Å². The van der Waals surface area contributed by atoms with E-state index in [2.05, 4.69) is 5.32 Å². The van der Waals surface area contributed by atoms with Crippen molar-refractivity contribution in [1.82, 2.24) is 0 Å². The number of Topliss-reactive ketones (excluding diaryl/α,β-unsaturated/α-hetero) is 1. The number of amides is 1. The number of alkyl halides is 3. The Bertz CT molecular complexity index is 1090. The topological polar surface area (TPSA) is 72.5 Å². The minimum atomic E-state index is -4.59. The lowest BCUT2D eigenvalue weighted by atomic mass is 10.1. The molecule has 8 heteroatoms. The van der Waals surface area contributed by atoms with Gasteiger partial charge in [0.15, 0.2) is 12.4 Å². The van der Waals surface area contributed by atoms with Crippen molar-refractivity contribution < 1.29 is 32.3 Å². The molecule has 0 radical (unpaired) electrons. The summed E-state index contributed by atoms with van der Waals surface area (Å²) in [5.41, 5.74) is -0.131. The van der Waals surface area contributed by atoms with E-state index >= 15 is 0 Å². The Labute approximate surface area is 175 Å². The molecular formula is C23H16F3NO4. The molecule has 0 aliphatic carbocycles. The Balaban J connectivity index is 1.57. The number of carbonyl (C=O) groups is 3. The number of anilines is 1. The van der Waals surface area contributed by atoms with Crippen molar-refractivity contribution in [3.63, 3.8) is 0 Å². The molecule has 0 spiro atoms. The fourth-order valence-electron chi connectivity index (χ4n) is 2.65. The summed E-state index contributed by atoms with van der Waals surface area (Å²) in [7, 11) is 0. The van der Waals surface area contributed by atoms with Crippen LogP contribution < -0.4 is 5.32 Å². The van der Waals surface area contributed by atoms with Crippen LogP contribution in [0.3, 0.4) is 0 Å². The molecule has 0 aromatic heterocycles. The lowest BCUT2D eigenvalue weighted by Gasteiger charge is -2.09. The number of ketones is 1. The van der Waals surface area contributed by atoms with Gasteiger partial charge in [-0.05, 0) is 54.6 Å². The molecule has 1 N–H and O–H groups in total. The van der Waals surface area contributed by atoms with E-state index in [4.69, 9.17) is 4.74 Å². The maximum absolute atomic E-state index is 12.7. The Hall–Kier alpha value is -3.94. The Kier molecular flexibility index (Phi) is 6.49. The quantitative estimate of drug-likeness (QED) is 0.444. The van der Waals surface area contributed by atoms with Gasteiger partial charge in [-0.3, -0.25) is 9.59 Å². The van der Waals surface area contributed by atoms with Crippen LogP contribution in [-0.4, -0.2) is 24.3 Å². The molecule has 3 aromatic rings. The van der Waals surface area contributed by atoms with Crippen molar-refractivity contribution in [2.45, 2.75) is 6.18 Å². The van der Waals surface area contributed by atoms with Crippen molar-refractivity contribution in [3.8, 4) is 0 Å². The average Bonchev–Trinajstić information content (AvgIpc) is 2.78. The second-order valence-electron chi connectivity index (χ2n) is 6.48. The first kappa shape index (κ1) is 21.8. The average molecular weight is 427 g/mol. The van der Waals surface area contributed by atoms with E-state index in [1.165, 1.54) is 30.3 Å². The highest BCUT2D eigenvalue weighted by Crippen LogP contribution is 2.29. The minimum Gasteiger partial charge on any atom is -0.454 e. The lowest BCUT2D eigenvalue weighted by molar-refractivity contribution is -0.137. The van der Waals surface area contributed by atoms with Crippen LogP contribution in [0.25, 0.3) is 0 Å². The Morgan fingerprint density at radius 2 is 1.42 bits per heavy atom. The Morgan fingerprint density at radius 1 is 0.774 bits per heavy atom. The summed E-state index contributed by atoms with van der Waals surface area (Å²) in [4.78, 5) is 36.3. The van der Waals surface area contributed by atoms with Crippen molar-refractivity contribution in [3.05, 3.63) is 101 Å². The number of carbonyl (C=O) groups excluding carboxylic acids is 3. The molecule has 3 aromatic carbocycles. The number of nitrogens with one attached hydrogen (secondary N) is 1. The van der Waals surface area contributed by atoms with Crippen molar-refractivity contribution in [2.24, 2.45) is 0 Å². The summed E-state index contributed by atoms with van der Waals surface area (Å²) in [5.74, 6) is -1.89. The molecule has 3 rings (SSSR count). The van der Waals surface area contributed by atoms with Gasteiger partial charge in [0.25, 0.3) is 5.91 Å². The van der Waals surface area contributed by atoms with Gasteiger partial charge in [0.2, 0.25) is 0 Å². The Morgan fingerprint density at radius 3 is 2.06 bits per heavy atom. The number of ether oxygens (including phenoxy) is 1. The first-order valence-corrected chi connectivity index (χ1v) is 9.08. The van der Waals surface area contributed by atoms with Gasteiger partial charge in [-0.1, -0.05) is 24.3 Å². The van der Waals surface area contributed by atoms with E-state index in [1.54, 1.807) is 30.3 Å². The molecule has 0 bridgehead atoms. The number of rotatable bonds is 6. The minimum absolute atomic E-state index is 0.217. The van der Waals surface area contributed by atoms with Gasteiger partial charge in [0.1, 0.15) is 0 Å². The standard InChI is InChI=1S/C23H16F3NO4/c24-23(25,26)18-8-4-7-17(13-18)22(30)31-14-20(28)15-9-11-19(12-10-15)27-21(29)16-5-2-1-3-6-16/h1-13H,14H2,(H,27,29). The van der Waals surface area contributed by atoms with Crippen LogP contribution in [0.15, 0.2) is 78.9 Å². The molecule has 1 amide bonds. The molecule has 0 saturated carbocycles. The molecule has 0 heterocycles. The molecule has 0 unspecified atom stereocenters. The number of halogens is 3. The highest BCUT2D eigenvalue weighted by molar-refractivity contribution is 6.05. The maximum Gasteiger partial charge on any atom is 0.416 e. The van der Waals surface area contributed by atoms with Gasteiger partial charge in [0.05, 0.1) is 11.1 Å². The van der Waals surface area contributed by atoms with Gasteiger partial charge in [0, 0.05) is 16.8 Å². The maximum atomic E-state index is 12.7. The zero-order valence-corrected chi connectivity index (χ0v) is 16.0. The molecule has 0 saturated heterocycles. The summed E-state index contributed by atoms with van der Waals surface area (Å²) >= 11 is 0. The predicted octanol–water partition coefficient (Wildman–Crippen LogP) is 5.00. The highest BCUT2D eigenvalue weighted by atomic mass is 19.4. The highest BCUT2D eigenvalue weighted by Gasteiger charge is 2.31. The second-order valence-corrected chi connectivity index (χ2v) is 6.48. The number of benzene rings is 3. The molecule has 0 aliphatic rings. The summed E-state index contributed by atoms with van der Waals surface area (Å²) in [5, 5.41) is 2.69. The van der Waals surface area contributed by atoms with Crippen molar-refractivity contribution in [1.29, 1.82) is 0 Å². The fraction of sp³-hybridized carbons (Fsp3) is 0.0870. The zero-order chi connectivity index (χ0) is 22.4. The third-order valence-corrected chi connectivity index (χ3v) is 4.26. The van der Waals surface area contributed by atoms with Crippen LogP contribution in [0.2, 0.25) is 0 Å². The monoisotopic (exact) mass is 427 g/mol. The summed E-state index contributed by atoms with van der Waals surface area (Å²) in [6.07, 6.45) is -4.59. The summed E-state index contributed by atoms with van der Waals surface area (Å²) < 4.78 is 43.1. The normalized spacial score (nSPS) is 10.9. The first-order chi connectivity index (χ1) is 14.7. The fourth-order valence-corrected chi connectivity index (χ4v) is 2.65. The van der Waals surface area contributed by atoms with E-state index in [1.807, 2.05) is 0 Å². The number of esters is 1. The predicted molar refractivity (Wildman–Crippen MR) is 107 cm³/mol. The molecule has 0 atom stereocenters. The van der Waals surface area contributed by atoms with E-state index in [9.17, 15) is 27.6 Å².